The molecule has 0 aliphatic heterocycles. The van der Waals surface area contributed by atoms with Crippen LogP contribution < -0.4 is 0 Å². The average molecular weight is 257 g/mol. The summed E-state index contributed by atoms with van der Waals surface area (Å²) in [6.45, 7) is -0.521. The molecule has 0 saturated carbocycles. The number of aliphatic hydroxyl groups is 1. The van der Waals surface area contributed by atoms with Gasteiger partial charge in [0, 0.05) is 10.0 Å². The van der Waals surface area contributed by atoms with Crippen molar-refractivity contribution in [2.45, 2.75) is 6.61 Å². The van der Waals surface area contributed by atoms with Gasteiger partial charge in [-0.05, 0) is 6.07 Å². The number of halogens is 4. The van der Waals surface area contributed by atoms with Crippen molar-refractivity contribution in [2.75, 3.05) is 0 Å². The van der Waals surface area contributed by atoms with Gasteiger partial charge in [0.25, 0.3) is 0 Å². The molecule has 0 aliphatic carbocycles. The molecule has 1 nitrogen and oxygen atoms in total. The van der Waals surface area contributed by atoms with Crippen LogP contribution in [0.3, 0.4) is 0 Å². The molecule has 0 atom stereocenters. The fourth-order valence-corrected chi connectivity index (χ4v) is 1.42. The molecule has 5 heteroatoms. The van der Waals surface area contributed by atoms with Crippen molar-refractivity contribution in [2.24, 2.45) is 0 Å². The van der Waals surface area contributed by atoms with Gasteiger partial charge in [0.05, 0.1) is 6.61 Å². The monoisotopic (exact) mass is 256 g/mol. The molecule has 0 radical (unpaired) electrons. The van der Waals surface area contributed by atoms with Crippen LogP contribution in [0.1, 0.15) is 5.56 Å². The van der Waals surface area contributed by atoms with E-state index in [1.807, 2.05) is 0 Å². The molecule has 66 valence electrons. The Balaban J connectivity index is 3.40. The smallest absolute Gasteiger partial charge is 0.151 e. The molecule has 0 spiro atoms. The largest absolute Gasteiger partial charge is 0.392 e. The second kappa shape index (κ2) is 3.68. The quantitative estimate of drug-likeness (QED) is 0.606. The van der Waals surface area contributed by atoms with E-state index >= 15 is 0 Å². The van der Waals surface area contributed by atoms with Crippen LogP contribution in [-0.4, -0.2) is 5.11 Å². The highest BCUT2D eigenvalue weighted by molar-refractivity contribution is 9.10. The fraction of sp³-hybridized carbons (Fsp3) is 0.143. The minimum Gasteiger partial charge on any atom is -0.392 e. The van der Waals surface area contributed by atoms with Crippen molar-refractivity contribution in [3.05, 3.63) is 32.8 Å². The van der Waals surface area contributed by atoms with E-state index in [4.69, 9.17) is 16.7 Å². The van der Waals surface area contributed by atoms with Crippen LogP contribution in [0.5, 0.6) is 0 Å². The molecule has 0 aliphatic rings. The van der Waals surface area contributed by atoms with Crippen molar-refractivity contribution in [3.8, 4) is 0 Å². The van der Waals surface area contributed by atoms with Gasteiger partial charge < -0.3 is 5.11 Å². The summed E-state index contributed by atoms with van der Waals surface area (Å²) < 4.78 is 25.8. The van der Waals surface area contributed by atoms with Crippen LogP contribution in [0, 0.1) is 11.6 Å². The highest BCUT2D eigenvalue weighted by atomic mass is 79.9. The van der Waals surface area contributed by atoms with Gasteiger partial charge in [0.2, 0.25) is 0 Å². The Labute approximate surface area is 81.1 Å². The van der Waals surface area contributed by atoms with Crippen LogP contribution in [-0.2, 0) is 6.61 Å². The van der Waals surface area contributed by atoms with Crippen LogP contribution in [0.15, 0.2) is 10.5 Å². The van der Waals surface area contributed by atoms with E-state index in [9.17, 15) is 8.78 Å². The lowest BCUT2D eigenvalue weighted by molar-refractivity contribution is 0.274. The normalized spacial score (nSPS) is 10.4. The molecule has 1 aromatic rings. The number of hydrogen-bond donors (Lipinski definition) is 1. The Hall–Kier alpha value is -0.190. The van der Waals surface area contributed by atoms with E-state index in [-0.39, 0.29) is 10.0 Å². The maximum atomic E-state index is 13.0. The standard InChI is InChI=1S/C7H4BrClF2O/c8-4-1-5(10)6(9)7(11)3(4)2-12/h1,12H,2H2. The zero-order valence-corrected chi connectivity index (χ0v) is 8.09. The average Bonchev–Trinajstić information content (AvgIpc) is 2.01. The van der Waals surface area contributed by atoms with Gasteiger partial charge in [-0.15, -0.1) is 0 Å². The summed E-state index contributed by atoms with van der Waals surface area (Å²) in [6.07, 6.45) is 0. The first kappa shape index (κ1) is 9.89. The van der Waals surface area contributed by atoms with E-state index in [1.54, 1.807) is 0 Å². The van der Waals surface area contributed by atoms with Crippen molar-refractivity contribution in [1.29, 1.82) is 0 Å². The molecule has 0 aromatic heterocycles. The van der Waals surface area contributed by atoms with E-state index in [1.165, 1.54) is 0 Å². The molecule has 0 fully saturated rings. The summed E-state index contributed by atoms with van der Waals surface area (Å²) in [4.78, 5) is 0. The summed E-state index contributed by atoms with van der Waals surface area (Å²) >= 11 is 8.15. The third kappa shape index (κ3) is 1.60. The van der Waals surface area contributed by atoms with E-state index in [2.05, 4.69) is 15.9 Å². The summed E-state index contributed by atoms with van der Waals surface area (Å²) in [5, 5.41) is 8.07. The van der Waals surface area contributed by atoms with Crippen molar-refractivity contribution >= 4 is 27.5 Å². The van der Waals surface area contributed by atoms with Crippen molar-refractivity contribution < 1.29 is 13.9 Å². The predicted octanol–water partition coefficient (Wildman–Crippen LogP) is 2.87. The Bertz CT molecular complexity index is 317. The van der Waals surface area contributed by atoms with Gasteiger partial charge in [-0.3, -0.25) is 0 Å². The van der Waals surface area contributed by atoms with Crippen LogP contribution >= 0.6 is 27.5 Å². The molecule has 1 rings (SSSR count). The van der Waals surface area contributed by atoms with Crippen molar-refractivity contribution in [1.82, 2.24) is 0 Å². The third-order valence-corrected chi connectivity index (χ3v) is 2.42. The molecular weight excluding hydrogens is 253 g/mol. The van der Waals surface area contributed by atoms with Crippen LogP contribution in [0.25, 0.3) is 0 Å². The summed E-state index contributed by atoms with van der Waals surface area (Å²) in [6, 6.07) is 1.01. The van der Waals surface area contributed by atoms with E-state index in [0.29, 0.717) is 0 Å². The summed E-state index contributed by atoms with van der Waals surface area (Å²) in [5.41, 5.74) is -0.0404. The van der Waals surface area contributed by atoms with Crippen molar-refractivity contribution in [3.63, 3.8) is 0 Å². The highest BCUT2D eigenvalue weighted by Crippen LogP contribution is 2.28. The summed E-state index contributed by atoms with van der Waals surface area (Å²) in [7, 11) is 0. The molecule has 0 saturated heterocycles. The van der Waals surface area contributed by atoms with Gasteiger partial charge in [0.1, 0.15) is 10.8 Å². The lowest BCUT2D eigenvalue weighted by atomic mass is 10.2. The Kier molecular flexibility index (Phi) is 3.04. The molecule has 1 aromatic carbocycles. The molecule has 12 heavy (non-hydrogen) atoms. The van der Waals surface area contributed by atoms with Gasteiger partial charge in [-0.25, -0.2) is 8.78 Å². The maximum absolute atomic E-state index is 13.0. The first-order valence-electron chi connectivity index (χ1n) is 3.00. The molecule has 1 N–H and O–H groups in total. The lowest BCUT2D eigenvalue weighted by Crippen LogP contribution is -1.95. The highest BCUT2D eigenvalue weighted by Gasteiger charge is 2.14. The zero-order valence-electron chi connectivity index (χ0n) is 5.74. The summed E-state index contributed by atoms with van der Waals surface area (Å²) in [5.74, 6) is -1.77. The van der Waals surface area contributed by atoms with Gasteiger partial charge >= 0.3 is 0 Å². The van der Waals surface area contributed by atoms with E-state index in [0.717, 1.165) is 6.07 Å². The minimum atomic E-state index is -0.925. The maximum Gasteiger partial charge on any atom is 0.151 e. The molecule has 0 heterocycles. The topological polar surface area (TPSA) is 20.2 Å². The van der Waals surface area contributed by atoms with E-state index < -0.39 is 23.3 Å². The second-order valence-corrected chi connectivity index (χ2v) is 3.34. The minimum absolute atomic E-state index is 0.0404. The molecular formula is C7H4BrClF2O. The predicted molar refractivity (Wildman–Crippen MR) is 45.0 cm³/mol. The number of rotatable bonds is 1. The van der Waals surface area contributed by atoms with Crippen LogP contribution in [0.2, 0.25) is 5.02 Å². The SMILES string of the molecule is OCc1c(Br)cc(F)c(Cl)c1F. The molecule has 0 unspecified atom stereocenters. The number of aliphatic hydroxyl groups excluding tert-OH is 1. The first-order valence-corrected chi connectivity index (χ1v) is 4.17. The Morgan fingerprint density at radius 3 is 2.58 bits per heavy atom. The Morgan fingerprint density at radius 1 is 1.50 bits per heavy atom. The van der Waals surface area contributed by atoms with Gasteiger partial charge in [-0.1, -0.05) is 27.5 Å². The Morgan fingerprint density at radius 2 is 2.08 bits per heavy atom. The van der Waals surface area contributed by atoms with Gasteiger partial charge in [0.15, 0.2) is 5.82 Å². The molecule has 0 amide bonds. The zero-order chi connectivity index (χ0) is 9.30. The lowest BCUT2D eigenvalue weighted by Gasteiger charge is -2.04. The first-order chi connectivity index (χ1) is 5.57. The number of benzene rings is 1. The fourth-order valence-electron chi connectivity index (χ4n) is 0.749. The number of hydrogen-bond acceptors (Lipinski definition) is 1. The second-order valence-electron chi connectivity index (χ2n) is 2.10. The molecule has 0 bridgehead atoms. The third-order valence-electron chi connectivity index (χ3n) is 1.37. The van der Waals surface area contributed by atoms with Crippen LogP contribution in [0.4, 0.5) is 8.78 Å². The van der Waals surface area contributed by atoms with Gasteiger partial charge in [-0.2, -0.15) is 0 Å².